The van der Waals surface area contributed by atoms with Gasteiger partial charge in [-0.2, -0.15) is 0 Å². The highest BCUT2D eigenvalue weighted by Gasteiger charge is 2.12. The molecule has 0 saturated carbocycles. The molecular weight excluding hydrogens is 1070 g/mol. The Hall–Kier alpha value is -4.42. The summed E-state index contributed by atoms with van der Waals surface area (Å²) in [4.78, 5) is 0. The lowest BCUT2D eigenvalue weighted by Crippen LogP contribution is -1.96. The van der Waals surface area contributed by atoms with Crippen molar-refractivity contribution in [2.24, 2.45) is 0 Å². The van der Waals surface area contributed by atoms with Crippen molar-refractivity contribution in [1.82, 2.24) is 0 Å². The van der Waals surface area contributed by atoms with Gasteiger partial charge in [-0.15, -0.1) is 0 Å². The van der Waals surface area contributed by atoms with Crippen LogP contribution in [0.1, 0.15) is 200 Å². The van der Waals surface area contributed by atoms with Crippen LogP contribution in [0.5, 0.6) is 5.75 Å². The third-order valence-corrected chi connectivity index (χ3v) is 13.6. The number of methoxy groups -OCH3 is 1. The molecule has 1 nitrogen and oxygen atoms in total. The summed E-state index contributed by atoms with van der Waals surface area (Å²) in [6, 6.07) is 42.3. The second-order valence-corrected chi connectivity index (χ2v) is 23.3. The van der Waals surface area contributed by atoms with Crippen LogP contribution in [-0.4, -0.2) is 7.11 Å². The van der Waals surface area contributed by atoms with Gasteiger partial charge in [-0.05, 0) is 173 Å². The molecule has 9 heteroatoms. The molecule has 0 aliphatic heterocycles. The van der Waals surface area contributed by atoms with Crippen LogP contribution in [-0.2, 0) is 0 Å². The highest BCUT2D eigenvalue weighted by Crippen LogP contribution is 2.30. The molecule has 0 fully saturated rings. The van der Waals surface area contributed by atoms with Gasteiger partial charge in [-0.3, -0.25) is 0 Å². The summed E-state index contributed by atoms with van der Waals surface area (Å²) in [5.41, 5.74) is 13.3. The van der Waals surface area contributed by atoms with Gasteiger partial charge in [-0.25, -0.2) is 13.2 Å². The second kappa shape index (κ2) is 36.0. The molecule has 0 radical (unpaired) electrons. The Morgan fingerprint density at radius 3 is 1.08 bits per heavy atom. The van der Waals surface area contributed by atoms with E-state index < -0.39 is 17.5 Å². The molecule has 0 atom stereocenters. The van der Waals surface area contributed by atoms with Crippen molar-refractivity contribution in [2.75, 3.05) is 7.11 Å². The van der Waals surface area contributed by atoms with Crippen molar-refractivity contribution in [3.8, 4) is 5.75 Å². The van der Waals surface area contributed by atoms with Gasteiger partial charge in [0.25, 0.3) is 0 Å². The smallest absolute Gasteiger partial charge is 0.161 e. The molecule has 0 amide bonds. The van der Waals surface area contributed by atoms with E-state index in [4.69, 9.17) is 62.7 Å². The Kier molecular flexibility index (Phi) is 33.0. The zero-order valence-electron chi connectivity index (χ0n) is 49.2. The maximum absolute atomic E-state index is 12.9. The van der Waals surface area contributed by atoms with Crippen molar-refractivity contribution in [3.63, 3.8) is 0 Å². The highest BCUT2D eigenvalue weighted by molar-refractivity contribution is 6.35. The van der Waals surface area contributed by atoms with E-state index in [1.807, 2.05) is 54.6 Å². The lowest BCUT2D eigenvalue weighted by atomic mass is 9.97. The van der Waals surface area contributed by atoms with Crippen LogP contribution < -0.4 is 4.74 Å². The predicted molar refractivity (Wildman–Crippen MR) is 334 cm³/mol. The van der Waals surface area contributed by atoms with E-state index in [9.17, 15) is 13.2 Å². The van der Waals surface area contributed by atoms with Gasteiger partial charge in [0.1, 0.15) is 11.6 Å². The Labute approximate surface area is 488 Å². The molecule has 0 aliphatic rings. The molecule has 0 heterocycles. The summed E-state index contributed by atoms with van der Waals surface area (Å²) in [6.45, 7) is 37.9. The summed E-state index contributed by atoms with van der Waals surface area (Å²) in [6.07, 6.45) is 0. The molecular formula is C68H86Cl5F3O. The Bertz CT molecular complexity index is 2600. The first-order chi connectivity index (χ1) is 35.9. The van der Waals surface area contributed by atoms with Crippen molar-refractivity contribution < 1.29 is 17.9 Å². The lowest BCUT2D eigenvalue weighted by Gasteiger charge is -2.11. The summed E-state index contributed by atoms with van der Waals surface area (Å²) < 4.78 is 43.1. The average Bonchev–Trinajstić information content (AvgIpc) is 3.33. The van der Waals surface area contributed by atoms with Crippen LogP contribution in [0.25, 0.3) is 0 Å². The SMILES string of the molecule is CC(C)c1cc(F)c(F)cc1F.CC(C)c1ccc(Cl)cc1Cl.CC(C)c1ccccc1.COc1cc(Cl)ccc1C(C)C.Cc1cc(Cl)ccc1C(C)C.Cc1ccc(C(C)C)c(C)c1.Cc1ccc(C(C)C)c(Cl)c1. The molecule has 7 aromatic carbocycles. The van der Waals surface area contributed by atoms with Crippen LogP contribution in [0.15, 0.2) is 133 Å². The minimum Gasteiger partial charge on any atom is -0.496 e. The van der Waals surface area contributed by atoms with Gasteiger partial charge in [-0.1, -0.05) is 239 Å². The quantitative estimate of drug-likeness (QED) is 0.138. The first-order valence-corrected chi connectivity index (χ1v) is 28.4. The first kappa shape index (κ1) is 70.6. The summed E-state index contributed by atoms with van der Waals surface area (Å²) >= 11 is 29.3. The fraction of sp³-hybridized carbons (Fsp3) is 0.382. The molecule has 0 unspecified atom stereocenters. The summed E-state index contributed by atoms with van der Waals surface area (Å²) in [7, 11) is 1.66. The summed E-state index contributed by atoms with van der Waals surface area (Å²) in [5.74, 6) is 1.24. The van der Waals surface area contributed by atoms with Gasteiger partial charge < -0.3 is 4.74 Å². The topological polar surface area (TPSA) is 9.23 Å². The number of ether oxygens (including phenoxy) is 1. The zero-order chi connectivity index (χ0) is 58.9. The maximum Gasteiger partial charge on any atom is 0.161 e. The zero-order valence-corrected chi connectivity index (χ0v) is 53.0. The normalized spacial score (nSPS) is 10.6. The Morgan fingerprint density at radius 1 is 0.325 bits per heavy atom. The second-order valence-electron chi connectivity index (χ2n) is 21.2. The van der Waals surface area contributed by atoms with Crippen molar-refractivity contribution >= 4 is 58.0 Å². The van der Waals surface area contributed by atoms with Gasteiger partial charge in [0.05, 0.1) is 7.11 Å². The first-order valence-electron chi connectivity index (χ1n) is 26.5. The molecule has 0 aliphatic carbocycles. The van der Waals surface area contributed by atoms with E-state index in [1.54, 1.807) is 27.0 Å². The molecule has 0 aromatic heterocycles. The van der Waals surface area contributed by atoms with Gasteiger partial charge in [0.15, 0.2) is 11.6 Å². The molecule has 77 heavy (non-hydrogen) atoms. The number of aryl methyl sites for hydroxylation is 4. The minimum absolute atomic E-state index is 0.139. The number of hydrogen-bond acceptors (Lipinski definition) is 1. The van der Waals surface area contributed by atoms with E-state index in [0.717, 1.165) is 37.5 Å². The van der Waals surface area contributed by atoms with Crippen LogP contribution in [0.4, 0.5) is 13.2 Å². The molecule has 0 bridgehead atoms. The van der Waals surface area contributed by atoms with Crippen LogP contribution in [0, 0.1) is 45.1 Å². The van der Waals surface area contributed by atoms with E-state index in [1.165, 1.54) is 50.1 Å². The van der Waals surface area contributed by atoms with Gasteiger partial charge in [0, 0.05) is 31.2 Å². The molecule has 0 spiro atoms. The average molecular weight is 1150 g/mol. The largest absolute Gasteiger partial charge is 0.496 e. The molecule has 0 saturated heterocycles. The van der Waals surface area contributed by atoms with E-state index in [2.05, 4.69) is 171 Å². The molecule has 7 rings (SSSR count). The minimum atomic E-state index is -1.14. The number of halogens is 8. The lowest BCUT2D eigenvalue weighted by molar-refractivity contribution is 0.407. The summed E-state index contributed by atoms with van der Waals surface area (Å²) in [5, 5.41) is 3.88. The van der Waals surface area contributed by atoms with Crippen LogP contribution in [0.2, 0.25) is 25.1 Å². The van der Waals surface area contributed by atoms with E-state index in [0.29, 0.717) is 46.6 Å². The molecule has 7 aromatic rings. The number of rotatable bonds is 8. The van der Waals surface area contributed by atoms with Gasteiger partial charge in [0.2, 0.25) is 0 Å². The van der Waals surface area contributed by atoms with Gasteiger partial charge >= 0.3 is 0 Å². The maximum atomic E-state index is 12.9. The van der Waals surface area contributed by atoms with E-state index in [-0.39, 0.29) is 11.5 Å². The molecule has 0 N–H and O–H groups in total. The third kappa shape index (κ3) is 26.4. The van der Waals surface area contributed by atoms with Crippen LogP contribution in [0.3, 0.4) is 0 Å². The third-order valence-electron chi connectivity index (χ3n) is 12.2. The fourth-order valence-electron chi connectivity index (χ4n) is 7.81. The highest BCUT2D eigenvalue weighted by atomic mass is 35.5. The van der Waals surface area contributed by atoms with E-state index >= 15 is 0 Å². The molecule has 420 valence electrons. The van der Waals surface area contributed by atoms with Crippen LogP contribution >= 0.6 is 58.0 Å². The Balaban J connectivity index is 0.000000450. The number of hydrogen-bond donors (Lipinski definition) is 0. The predicted octanol–water partition coefficient (Wildman–Crippen LogP) is 24.6. The number of benzene rings is 7. The van der Waals surface area contributed by atoms with Crippen molar-refractivity contribution in [3.05, 3.63) is 237 Å². The fourth-order valence-corrected chi connectivity index (χ4v) is 9.28. The monoisotopic (exact) mass is 1150 g/mol. The standard InChI is InChI=1S/C11H16.C10H13ClO.2C10H13Cl.C9H10Cl2.C9H9F3.C9H12/c1-8(2)11-6-5-9(3)7-10(11)4;1-7(2)9-5-4-8(11)6-10(9)12-3;1-7(2)10-5-4-9(11)6-8(10)3;1-7(2)9-5-4-8(3)6-10(9)11;1-6(2)8-4-3-7(10)5-9(8)11;1-5(2)6-3-8(11)9(12)4-7(6)10;1-8(2)9-6-4-3-5-7-9/h5-8H,1-4H3;4-7H,1-3H3;2*4-7H,1-3H3;3-6H,1-2H3;3-5H,1-2H3;3-8H,1-2H3. The van der Waals surface area contributed by atoms with Crippen molar-refractivity contribution in [2.45, 2.75) is 166 Å². The van der Waals surface area contributed by atoms with Crippen molar-refractivity contribution in [1.29, 1.82) is 0 Å². The Morgan fingerprint density at radius 2 is 0.688 bits per heavy atom.